The number of amides is 1. The fourth-order valence-electron chi connectivity index (χ4n) is 1.18. The predicted molar refractivity (Wildman–Crippen MR) is 65.3 cm³/mol. The maximum atomic E-state index is 11.1. The number of nitrogens with zero attached hydrogens (tertiary/aromatic N) is 3. The van der Waals surface area contributed by atoms with Gasteiger partial charge >= 0.3 is 6.09 Å². The highest BCUT2D eigenvalue weighted by Crippen LogP contribution is 2.15. The Bertz CT molecular complexity index is 440. The molecule has 0 saturated carbocycles. The molecule has 0 atom stereocenters. The molecule has 1 N–H and O–H groups in total. The van der Waals surface area contributed by atoms with Crippen LogP contribution in [0.1, 0.15) is 25.1 Å². The summed E-state index contributed by atoms with van der Waals surface area (Å²) in [4.78, 5) is 15.7. The third-order valence-electron chi connectivity index (χ3n) is 1.92. The Morgan fingerprint density at radius 3 is 2.76 bits per heavy atom. The van der Waals surface area contributed by atoms with E-state index >= 15 is 0 Å². The number of aromatic nitrogens is 2. The first-order valence-electron chi connectivity index (χ1n) is 5.11. The second-order valence-corrected chi connectivity index (χ2v) is 4.18. The summed E-state index contributed by atoms with van der Waals surface area (Å²) < 4.78 is 1.52. The molecule has 17 heavy (non-hydrogen) atoms. The molecular weight excluding hydrogens is 244 g/mol. The van der Waals surface area contributed by atoms with Crippen LogP contribution in [0.5, 0.6) is 0 Å². The number of aryl methyl sites for hydroxylation is 2. The Labute approximate surface area is 105 Å². The Morgan fingerprint density at radius 1 is 1.65 bits per heavy atom. The summed E-state index contributed by atoms with van der Waals surface area (Å²) in [5.74, 6) is 0. The summed E-state index contributed by atoms with van der Waals surface area (Å²) in [6.45, 7) is 5.45. The molecule has 0 unspecified atom stereocenters. The summed E-state index contributed by atoms with van der Waals surface area (Å²) >= 11 is 5.97. The summed E-state index contributed by atoms with van der Waals surface area (Å²) in [5, 5.41) is 10.6. The quantitative estimate of drug-likeness (QED) is 0.511. The van der Waals surface area contributed by atoms with Gasteiger partial charge in [0.05, 0.1) is 17.5 Å². The van der Waals surface area contributed by atoms with E-state index in [1.54, 1.807) is 14.0 Å². The van der Waals surface area contributed by atoms with Crippen LogP contribution in [0, 0.1) is 6.92 Å². The van der Waals surface area contributed by atoms with Gasteiger partial charge in [0.25, 0.3) is 0 Å². The largest absolute Gasteiger partial charge is 0.433 e. The molecule has 7 heteroatoms. The van der Waals surface area contributed by atoms with Crippen molar-refractivity contribution in [3.8, 4) is 0 Å². The molecule has 1 aromatic rings. The Hall–Kier alpha value is -1.56. The molecule has 0 saturated heterocycles. The van der Waals surface area contributed by atoms with Gasteiger partial charge in [0.15, 0.2) is 0 Å². The van der Waals surface area contributed by atoms with Crippen molar-refractivity contribution in [1.29, 1.82) is 0 Å². The predicted octanol–water partition coefficient (Wildman–Crippen LogP) is 1.85. The van der Waals surface area contributed by atoms with Crippen LogP contribution in [0.15, 0.2) is 5.16 Å². The van der Waals surface area contributed by atoms with E-state index in [0.717, 1.165) is 0 Å². The van der Waals surface area contributed by atoms with E-state index in [1.165, 1.54) is 10.9 Å². The molecule has 0 aromatic carbocycles. The molecule has 0 spiro atoms. The van der Waals surface area contributed by atoms with E-state index in [0.29, 0.717) is 16.4 Å². The van der Waals surface area contributed by atoms with Crippen molar-refractivity contribution in [3.63, 3.8) is 0 Å². The van der Waals surface area contributed by atoms with Gasteiger partial charge in [0, 0.05) is 13.1 Å². The molecule has 0 aliphatic heterocycles. The Balaban J connectivity index is 2.62. The first-order valence-corrected chi connectivity index (χ1v) is 5.49. The smallest absolute Gasteiger partial charge is 0.317 e. The molecule has 0 bridgehead atoms. The van der Waals surface area contributed by atoms with Crippen LogP contribution in [0.2, 0.25) is 5.15 Å². The lowest BCUT2D eigenvalue weighted by atomic mass is 10.3. The monoisotopic (exact) mass is 258 g/mol. The third kappa shape index (κ3) is 3.74. The van der Waals surface area contributed by atoms with Gasteiger partial charge in [-0.2, -0.15) is 5.10 Å². The molecule has 1 rings (SSSR count). The average Bonchev–Trinajstić information content (AvgIpc) is 2.43. The van der Waals surface area contributed by atoms with E-state index in [1.807, 2.05) is 13.8 Å². The van der Waals surface area contributed by atoms with E-state index < -0.39 is 6.09 Å². The summed E-state index contributed by atoms with van der Waals surface area (Å²) in [5.41, 5.74) is 1.35. The van der Waals surface area contributed by atoms with Crippen LogP contribution in [0.3, 0.4) is 0 Å². The molecule has 0 fully saturated rings. The van der Waals surface area contributed by atoms with E-state index in [2.05, 4.69) is 20.4 Å². The van der Waals surface area contributed by atoms with Gasteiger partial charge in [-0.3, -0.25) is 9.52 Å². The maximum absolute atomic E-state index is 11.1. The van der Waals surface area contributed by atoms with Gasteiger partial charge < -0.3 is 5.32 Å². The number of rotatable bonds is 3. The minimum Gasteiger partial charge on any atom is -0.317 e. The topological polar surface area (TPSA) is 68.5 Å². The van der Waals surface area contributed by atoms with Crippen LogP contribution in [0.4, 0.5) is 4.79 Å². The number of oxime groups is 1. The highest BCUT2D eigenvalue weighted by Gasteiger charge is 2.09. The number of halogens is 1. The Kier molecular flexibility index (Phi) is 4.51. The van der Waals surface area contributed by atoms with E-state index in [9.17, 15) is 4.79 Å². The van der Waals surface area contributed by atoms with E-state index in [4.69, 9.17) is 11.6 Å². The lowest BCUT2D eigenvalue weighted by Crippen LogP contribution is -2.29. The molecule has 6 nitrogen and oxygen atoms in total. The fourth-order valence-corrected chi connectivity index (χ4v) is 1.41. The van der Waals surface area contributed by atoms with Gasteiger partial charge in [0.2, 0.25) is 0 Å². The molecule has 1 aromatic heterocycles. The van der Waals surface area contributed by atoms with Crippen molar-refractivity contribution in [2.45, 2.75) is 26.8 Å². The lowest BCUT2D eigenvalue weighted by Gasteiger charge is -2.04. The van der Waals surface area contributed by atoms with Crippen LogP contribution < -0.4 is 5.32 Å². The minimum absolute atomic E-state index is 0.00131. The second kappa shape index (κ2) is 5.67. The fraction of sp³-hybridized carbons (Fsp3) is 0.500. The van der Waals surface area contributed by atoms with Crippen LogP contribution in [-0.2, 0) is 11.9 Å². The number of nitrogens with one attached hydrogen (secondary N) is 1. The third-order valence-corrected chi connectivity index (χ3v) is 2.37. The van der Waals surface area contributed by atoms with Gasteiger partial charge in [-0.05, 0) is 20.8 Å². The van der Waals surface area contributed by atoms with Gasteiger partial charge in [-0.15, -0.1) is 0 Å². The second-order valence-electron chi connectivity index (χ2n) is 3.83. The zero-order chi connectivity index (χ0) is 13.0. The molecule has 0 radical (unpaired) electrons. The highest BCUT2D eigenvalue weighted by atomic mass is 35.5. The van der Waals surface area contributed by atoms with E-state index in [-0.39, 0.29) is 6.04 Å². The maximum Gasteiger partial charge on any atom is 0.433 e. The number of carbonyl (C=O) groups is 1. The van der Waals surface area contributed by atoms with Crippen molar-refractivity contribution < 1.29 is 9.63 Å². The van der Waals surface area contributed by atoms with Crippen molar-refractivity contribution in [1.82, 2.24) is 15.1 Å². The van der Waals surface area contributed by atoms with Crippen LogP contribution in [0.25, 0.3) is 0 Å². The highest BCUT2D eigenvalue weighted by molar-refractivity contribution is 6.32. The minimum atomic E-state index is -0.603. The standard InChI is InChI=1S/C10H15ClN4O2/c1-6(2)13-10(16)17-12-5-8-7(3)14-15(4)9(8)11/h5-6H,1-4H3,(H,13,16). The molecule has 1 heterocycles. The lowest BCUT2D eigenvalue weighted by molar-refractivity contribution is 0.149. The Morgan fingerprint density at radius 2 is 2.29 bits per heavy atom. The zero-order valence-corrected chi connectivity index (χ0v) is 10.9. The molecule has 1 amide bonds. The number of hydrogen-bond acceptors (Lipinski definition) is 4. The van der Waals surface area contributed by atoms with Gasteiger partial charge in [-0.25, -0.2) is 4.79 Å². The summed E-state index contributed by atoms with van der Waals surface area (Å²) in [7, 11) is 1.72. The summed E-state index contributed by atoms with van der Waals surface area (Å²) in [6, 6.07) is 0.00131. The average molecular weight is 259 g/mol. The van der Waals surface area contributed by atoms with Gasteiger partial charge in [0.1, 0.15) is 5.15 Å². The van der Waals surface area contributed by atoms with Crippen molar-refractivity contribution in [2.75, 3.05) is 0 Å². The van der Waals surface area contributed by atoms with Crippen LogP contribution in [-0.4, -0.2) is 28.1 Å². The zero-order valence-electron chi connectivity index (χ0n) is 10.2. The van der Waals surface area contributed by atoms with Crippen molar-refractivity contribution in [2.24, 2.45) is 12.2 Å². The number of hydrogen-bond donors (Lipinski definition) is 1. The van der Waals surface area contributed by atoms with Crippen LogP contribution >= 0.6 is 11.6 Å². The first kappa shape index (κ1) is 13.5. The molecule has 94 valence electrons. The van der Waals surface area contributed by atoms with Crippen molar-refractivity contribution in [3.05, 3.63) is 16.4 Å². The SMILES string of the molecule is Cc1nn(C)c(Cl)c1C=NOC(=O)NC(C)C. The molecule has 0 aliphatic rings. The molecular formula is C10H15ClN4O2. The van der Waals surface area contributed by atoms with Crippen molar-refractivity contribution >= 4 is 23.9 Å². The summed E-state index contributed by atoms with van der Waals surface area (Å²) in [6.07, 6.45) is 0.763. The normalized spacial score (nSPS) is 11.2. The first-order chi connectivity index (χ1) is 7.91. The molecule has 0 aliphatic carbocycles. The van der Waals surface area contributed by atoms with Gasteiger partial charge in [-0.1, -0.05) is 16.8 Å². The number of carbonyl (C=O) groups excluding carboxylic acids is 1.